The van der Waals surface area contributed by atoms with E-state index in [9.17, 15) is 5.11 Å². The predicted molar refractivity (Wildman–Crippen MR) is 87.8 cm³/mol. The molecule has 1 aromatic carbocycles. The number of hydrogen-bond donors (Lipinski definition) is 1. The lowest BCUT2D eigenvalue weighted by Crippen LogP contribution is -2.33. The number of hydrogen-bond acceptors (Lipinski definition) is 4. The standard InChI is InChI=1S/C19H22N2O2/c1-23-15-4-6-19(7-5-15)11-14-3-2-13(10-16(14)18(19)22)17-12-20-8-9-21-17/h2-3,8-10,12,15,18,22H,4-7,11H2,1H3. The van der Waals surface area contributed by atoms with Crippen molar-refractivity contribution in [2.75, 3.05) is 7.11 Å². The normalized spacial score (nSPS) is 29.7. The van der Waals surface area contributed by atoms with Gasteiger partial charge in [-0.25, -0.2) is 0 Å². The van der Waals surface area contributed by atoms with E-state index in [1.165, 1.54) is 5.56 Å². The molecule has 120 valence electrons. The van der Waals surface area contributed by atoms with E-state index in [1.54, 1.807) is 25.7 Å². The van der Waals surface area contributed by atoms with Crippen LogP contribution in [0.5, 0.6) is 0 Å². The van der Waals surface area contributed by atoms with Crippen LogP contribution in [0.2, 0.25) is 0 Å². The number of rotatable bonds is 2. The lowest BCUT2D eigenvalue weighted by Gasteiger charge is -2.39. The highest BCUT2D eigenvalue weighted by molar-refractivity contribution is 5.61. The Morgan fingerprint density at radius 2 is 2.04 bits per heavy atom. The first-order chi connectivity index (χ1) is 11.2. The summed E-state index contributed by atoms with van der Waals surface area (Å²) in [6.45, 7) is 0. The van der Waals surface area contributed by atoms with E-state index in [4.69, 9.17) is 4.74 Å². The van der Waals surface area contributed by atoms with Gasteiger partial charge in [0.25, 0.3) is 0 Å². The van der Waals surface area contributed by atoms with Crippen molar-refractivity contribution in [1.29, 1.82) is 0 Å². The molecule has 0 bridgehead atoms. The van der Waals surface area contributed by atoms with Crippen molar-refractivity contribution < 1.29 is 9.84 Å². The Bertz CT molecular complexity index is 694. The first-order valence-corrected chi connectivity index (χ1v) is 8.32. The zero-order valence-electron chi connectivity index (χ0n) is 13.4. The molecule has 0 radical (unpaired) electrons. The average molecular weight is 310 g/mol. The summed E-state index contributed by atoms with van der Waals surface area (Å²) in [7, 11) is 1.79. The fraction of sp³-hybridized carbons (Fsp3) is 0.474. The average Bonchev–Trinajstić information content (AvgIpc) is 2.88. The molecule has 2 aromatic rings. The highest BCUT2D eigenvalue weighted by Crippen LogP contribution is 2.54. The van der Waals surface area contributed by atoms with Crippen molar-refractivity contribution in [3.63, 3.8) is 0 Å². The topological polar surface area (TPSA) is 55.2 Å². The van der Waals surface area contributed by atoms with Crippen LogP contribution < -0.4 is 0 Å². The van der Waals surface area contributed by atoms with Crippen LogP contribution >= 0.6 is 0 Å². The summed E-state index contributed by atoms with van der Waals surface area (Å²) in [4.78, 5) is 8.50. The molecule has 1 aromatic heterocycles. The van der Waals surface area contributed by atoms with Gasteiger partial charge in [0.15, 0.2) is 0 Å². The van der Waals surface area contributed by atoms with Crippen LogP contribution in [0.25, 0.3) is 11.3 Å². The molecule has 2 aliphatic carbocycles. The maximum absolute atomic E-state index is 11.0. The van der Waals surface area contributed by atoms with E-state index in [0.29, 0.717) is 6.10 Å². The Kier molecular flexibility index (Phi) is 3.66. The van der Waals surface area contributed by atoms with E-state index < -0.39 is 0 Å². The van der Waals surface area contributed by atoms with Gasteiger partial charge >= 0.3 is 0 Å². The Morgan fingerprint density at radius 1 is 1.22 bits per heavy atom. The van der Waals surface area contributed by atoms with Crippen LogP contribution in [-0.4, -0.2) is 28.3 Å². The van der Waals surface area contributed by atoms with E-state index >= 15 is 0 Å². The van der Waals surface area contributed by atoms with Crippen molar-refractivity contribution >= 4 is 0 Å². The van der Waals surface area contributed by atoms with Gasteiger partial charge < -0.3 is 9.84 Å². The van der Waals surface area contributed by atoms with Gasteiger partial charge in [-0.05, 0) is 49.3 Å². The van der Waals surface area contributed by atoms with Crippen LogP contribution in [0.1, 0.15) is 42.9 Å². The highest BCUT2D eigenvalue weighted by atomic mass is 16.5. The van der Waals surface area contributed by atoms with Gasteiger partial charge in [-0.3, -0.25) is 9.97 Å². The molecule has 1 heterocycles. The van der Waals surface area contributed by atoms with E-state index in [0.717, 1.165) is 48.9 Å². The molecular formula is C19H22N2O2. The number of aliphatic hydroxyl groups excluding tert-OH is 1. The SMILES string of the molecule is COC1CCC2(CC1)Cc1ccc(-c3cnccn3)cc1C2O. The smallest absolute Gasteiger partial charge is 0.0885 e. The van der Waals surface area contributed by atoms with Gasteiger partial charge in [0.05, 0.1) is 24.1 Å². The minimum atomic E-state index is -0.382. The lowest BCUT2D eigenvalue weighted by atomic mass is 9.69. The van der Waals surface area contributed by atoms with Crippen LogP contribution in [0.3, 0.4) is 0 Å². The number of methoxy groups -OCH3 is 1. The van der Waals surface area contributed by atoms with E-state index in [1.807, 2.05) is 0 Å². The zero-order chi connectivity index (χ0) is 15.9. The molecule has 0 aliphatic heterocycles. The summed E-state index contributed by atoms with van der Waals surface area (Å²) in [5.41, 5.74) is 4.23. The molecule has 0 saturated heterocycles. The first-order valence-electron chi connectivity index (χ1n) is 8.32. The van der Waals surface area contributed by atoms with Crippen LogP contribution in [-0.2, 0) is 11.2 Å². The minimum absolute atomic E-state index is 0.00163. The van der Waals surface area contributed by atoms with Crippen LogP contribution in [0, 0.1) is 5.41 Å². The fourth-order valence-electron chi connectivity index (χ4n) is 4.28. The third-order valence-electron chi connectivity index (χ3n) is 5.68. The molecule has 1 unspecified atom stereocenters. The molecule has 1 spiro atoms. The number of fused-ring (bicyclic) bond motifs is 1. The van der Waals surface area contributed by atoms with Crippen molar-refractivity contribution in [3.8, 4) is 11.3 Å². The summed E-state index contributed by atoms with van der Waals surface area (Å²) >= 11 is 0. The number of benzene rings is 1. The van der Waals surface area contributed by atoms with Crippen molar-refractivity contribution in [2.24, 2.45) is 5.41 Å². The van der Waals surface area contributed by atoms with Gasteiger partial charge in [0, 0.05) is 30.5 Å². The summed E-state index contributed by atoms with van der Waals surface area (Å²) in [5.74, 6) is 0. The zero-order valence-corrected chi connectivity index (χ0v) is 13.4. The third kappa shape index (κ3) is 2.46. The third-order valence-corrected chi connectivity index (χ3v) is 5.68. The Morgan fingerprint density at radius 3 is 2.74 bits per heavy atom. The monoisotopic (exact) mass is 310 g/mol. The largest absolute Gasteiger partial charge is 0.388 e. The molecule has 0 amide bonds. The quantitative estimate of drug-likeness (QED) is 0.924. The molecule has 23 heavy (non-hydrogen) atoms. The molecule has 2 aliphatic rings. The summed E-state index contributed by atoms with van der Waals surface area (Å²) in [6.07, 6.45) is 10.2. The Labute approximate surface area is 136 Å². The predicted octanol–water partition coefficient (Wildman–Crippen LogP) is 3.31. The molecule has 4 nitrogen and oxygen atoms in total. The molecular weight excluding hydrogens is 288 g/mol. The van der Waals surface area contributed by atoms with Crippen LogP contribution in [0.4, 0.5) is 0 Å². The fourth-order valence-corrected chi connectivity index (χ4v) is 4.28. The molecule has 1 saturated carbocycles. The molecule has 1 N–H and O–H groups in total. The number of aromatic nitrogens is 2. The maximum atomic E-state index is 11.0. The summed E-state index contributed by atoms with van der Waals surface area (Å²) in [5, 5.41) is 11.0. The lowest BCUT2D eigenvalue weighted by molar-refractivity contribution is -0.0341. The van der Waals surface area contributed by atoms with Crippen molar-refractivity contribution in [3.05, 3.63) is 47.9 Å². The summed E-state index contributed by atoms with van der Waals surface area (Å²) in [6, 6.07) is 6.34. The Balaban J connectivity index is 1.63. The first kappa shape index (κ1) is 14.8. The molecule has 4 rings (SSSR count). The molecule has 4 heteroatoms. The number of nitrogens with zero attached hydrogens (tertiary/aromatic N) is 2. The maximum Gasteiger partial charge on any atom is 0.0885 e. The highest BCUT2D eigenvalue weighted by Gasteiger charge is 2.47. The van der Waals surface area contributed by atoms with Gasteiger partial charge in [0.1, 0.15) is 0 Å². The second kappa shape index (κ2) is 5.69. The van der Waals surface area contributed by atoms with Crippen LogP contribution in [0.15, 0.2) is 36.8 Å². The van der Waals surface area contributed by atoms with Crippen molar-refractivity contribution in [2.45, 2.75) is 44.3 Å². The summed E-state index contributed by atoms with van der Waals surface area (Å²) < 4.78 is 5.49. The molecule has 1 fully saturated rings. The van der Waals surface area contributed by atoms with E-state index in [2.05, 4.69) is 28.2 Å². The van der Waals surface area contributed by atoms with Gasteiger partial charge in [-0.15, -0.1) is 0 Å². The van der Waals surface area contributed by atoms with Gasteiger partial charge in [0.2, 0.25) is 0 Å². The number of aliphatic hydroxyl groups is 1. The van der Waals surface area contributed by atoms with E-state index in [-0.39, 0.29) is 11.5 Å². The second-order valence-corrected chi connectivity index (χ2v) is 6.88. The van der Waals surface area contributed by atoms with Crippen molar-refractivity contribution in [1.82, 2.24) is 9.97 Å². The Hall–Kier alpha value is -1.78. The molecule has 1 atom stereocenters. The van der Waals surface area contributed by atoms with Gasteiger partial charge in [-0.1, -0.05) is 12.1 Å². The van der Waals surface area contributed by atoms with Gasteiger partial charge in [-0.2, -0.15) is 0 Å². The minimum Gasteiger partial charge on any atom is -0.388 e. The number of ether oxygens (including phenoxy) is 1. The second-order valence-electron chi connectivity index (χ2n) is 6.88.